The zero-order valence-electron chi connectivity index (χ0n) is 15.7. The number of amides is 2. The van der Waals surface area contributed by atoms with Gasteiger partial charge in [0.25, 0.3) is 11.8 Å². The van der Waals surface area contributed by atoms with E-state index in [0.29, 0.717) is 23.0 Å². The fraction of sp³-hybridized carbons (Fsp3) is 0.550. The summed E-state index contributed by atoms with van der Waals surface area (Å²) in [7, 11) is 0. The summed E-state index contributed by atoms with van der Waals surface area (Å²) >= 11 is 1.86. The van der Waals surface area contributed by atoms with Gasteiger partial charge in [0.2, 0.25) is 0 Å². The third kappa shape index (κ3) is 3.39. The number of nitrogens with zero attached hydrogens (tertiary/aromatic N) is 3. The Kier molecular flexibility index (Phi) is 4.76. The minimum absolute atomic E-state index is 0.0882. The zero-order valence-corrected chi connectivity index (χ0v) is 16.5. The highest BCUT2D eigenvalue weighted by molar-refractivity contribution is 7.99. The lowest BCUT2D eigenvalue weighted by molar-refractivity contribution is 0.0617. The van der Waals surface area contributed by atoms with Crippen molar-refractivity contribution in [3.8, 4) is 0 Å². The van der Waals surface area contributed by atoms with Gasteiger partial charge in [0.05, 0.1) is 0 Å². The van der Waals surface area contributed by atoms with Crippen molar-refractivity contribution < 1.29 is 14.0 Å². The first-order valence-corrected chi connectivity index (χ1v) is 11.1. The van der Waals surface area contributed by atoms with E-state index in [1.807, 2.05) is 16.7 Å². The SMILES string of the molecule is O=C(NC1CN2CCC1CC2)c1cc2oc(C(=O)N3CCSCC3)cc2cn1. The van der Waals surface area contributed by atoms with Crippen LogP contribution >= 0.6 is 11.8 Å². The van der Waals surface area contributed by atoms with Crippen molar-refractivity contribution in [3.63, 3.8) is 0 Å². The largest absolute Gasteiger partial charge is 0.451 e. The number of pyridine rings is 1. The molecule has 4 aliphatic rings. The fourth-order valence-electron chi connectivity index (χ4n) is 4.46. The Hall–Kier alpha value is -2.06. The third-order valence-corrected chi connectivity index (χ3v) is 7.06. The Morgan fingerprint density at radius 1 is 1.14 bits per heavy atom. The van der Waals surface area contributed by atoms with Gasteiger partial charge in [-0.25, -0.2) is 0 Å². The lowest BCUT2D eigenvalue weighted by atomic mass is 9.84. The highest BCUT2D eigenvalue weighted by Crippen LogP contribution is 2.28. The van der Waals surface area contributed by atoms with Gasteiger partial charge in [0, 0.05) is 54.8 Å². The van der Waals surface area contributed by atoms with Crippen LogP contribution in [-0.2, 0) is 0 Å². The fourth-order valence-corrected chi connectivity index (χ4v) is 5.36. The van der Waals surface area contributed by atoms with Gasteiger partial charge in [-0.05, 0) is 37.9 Å². The van der Waals surface area contributed by atoms with Gasteiger partial charge in [0.15, 0.2) is 5.76 Å². The van der Waals surface area contributed by atoms with Gasteiger partial charge in [-0.3, -0.25) is 14.6 Å². The quantitative estimate of drug-likeness (QED) is 0.847. The number of carbonyl (C=O) groups is 2. The molecular formula is C20H24N4O3S. The summed E-state index contributed by atoms with van der Waals surface area (Å²) in [5.74, 6) is 2.54. The predicted octanol–water partition coefficient (Wildman–Crippen LogP) is 1.84. The molecule has 6 rings (SSSR count). The maximum absolute atomic E-state index is 12.7. The molecule has 1 atom stereocenters. The Balaban J connectivity index is 1.32. The van der Waals surface area contributed by atoms with E-state index < -0.39 is 0 Å². The summed E-state index contributed by atoms with van der Waals surface area (Å²) in [6.07, 6.45) is 3.92. The highest BCUT2D eigenvalue weighted by atomic mass is 32.2. The molecule has 6 heterocycles. The van der Waals surface area contributed by atoms with Crippen LogP contribution in [0.25, 0.3) is 11.0 Å². The summed E-state index contributed by atoms with van der Waals surface area (Å²) < 4.78 is 5.79. The number of thioether (sulfide) groups is 1. The van der Waals surface area contributed by atoms with E-state index in [0.717, 1.165) is 62.5 Å². The molecular weight excluding hydrogens is 376 g/mol. The van der Waals surface area contributed by atoms with Gasteiger partial charge in [-0.1, -0.05) is 0 Å². The Morgan fingerprint density at radius 3 is 2.64 bits per heavy atom. The molecule has 0 aromatic carbocycles. The van der Waals surface area contributed by atoms with Crippen molar-refractivity contribution in [2.75, 3.05) is 44.2 Å². The number of hydrogen-bond acceptors (Lipinski definition) is 6. The van der Waals surface area contributed by atoms with E-state index in [9.17, 15) is 9.59 Å². The van der Waals surface area contributed by atoms with Crippen molar-refractivity contribution in [2.24, 2.45) is 5.92 Å². The molecule has 4 saturated heterocycles. The molecule has 2 aromatic rings. The van der Waals surface area contributed by atoms with E-state index in [2.05, 4.69) is 15.2 Å². The minimum atomic E-state index is -0.169. The first-order valence-electron chi connectivity index (χ1n) is 9.97. The Morgan fingerprint density at radius 2 is 1.93 bits per heavy atom. The molecule has 7 nitrogen and oxygen atoms in total. The second kappa shape index (κ2) is 7.40. The van der Waals surface area contributed by atoms with Crippen LogP contribution in [-0.4, -0.2) is 76.9 Å². The normalized spacial score (nSPS) is 27.1. The number of aromatic nitrogens is 1. The van der Waals surface area contributed by atoms with Crippen molar-refractivity contribution >= 4 is 34.5 Å². The molecule has 0 aliphatic carbocycles. The van der Waals surface area contributed by atoms with Crippen molar-refractivity contribution in [1.29, 1.82) is 0 Å². The average Bonchev–Trinajstić information content (AvgIpc) is 3.18. The van der Waals surface area contributed by atoms with Crippen molar-refractivity contribution in [1.82, 2.24) is 20.1 Å². The molecule has 1 N–H and O–H groups in total. The number of fused-ring (bicyclic) bond motifs is 4. The van der Waals surface area contributed by atoms with Gasteiger partial charge in [0.1, 0.15) is 11.3 Å². The van der Waals surface area contributed by atoms with E-state index in [-0.39, 0.29) is 17.9 Å². The predicted molar refractivity (Wildman–Crippen MR) is 108 cm³/mol. The number of hydrogen-bond donors (Lipinski definition) is 1. The number of furan rings is 1. The Labute approximate surface area is 167 Å². The zero-order chi connectivity index (χ0) is 19.1. The standard InChI is InChI=1S/C20H24N4O3S/c25-19(22-16-12-23-3-1-13(16)2-4-23)15-10-17-14(11-21-15)9-18(27-17)20(26)24-5-7-28-8-6-24/h9-11,13,16H,1-8,12H2,(H,22,25). The number of carbonyl (C=O) groups excluding carboxylic acids is 2. The van der Waals surface area contributed by atoms with Crippen molar-refractivity contribution in [2.45, 2.75) is 18.9 Å². The maximum Gasteiger partial charge on any atom is 0.289 e. The molecule has 4 aliphatic heterocycles. The topological polar surface area (TPSA) is 78.7 Å². The summed E-state index contributed by atoms with van der Waals surface area (Å²) in [6.45, 7) is 4.69. The molecule has 2 aromatic heterocycles. The molecule has 0 radical (unpaired) electrons. The number of piperidine rings is 3. The Bertz CT molecular complexity index is 900. The van der Waals surface area contributed by atoms with Crippen LogP contribution in [0.1, 0.15) is 33.9 Å². The molecule has 2 bridgehead atoms. The molecule has 4 fully saturated rings. The second-order valence-electron chi connectivity index (χ2n) is 7.84. The summed E-state index contributed by atoms with van der Waals surface area (Å²) in [4.78, 5) is 33.9. The van der Waals surface area contributed by atoms with Gasteiger partial charge in [-0.2, -0.15) is 11.8 Å². The number of nitrogens with one attached hydrogen (secondary N) is 1. The van der Waals surface area contributed by atoms with Crippen LogP contribution in [0.15, 0.2) is 22.7 Å². The van der Waals surface area contributed by atoms with Gasteiger partial charge >= 0.3 is 0 Å². The van der Waals surface area contributed by atoms with Crippen LogP contribution in [0.5, 0.6) is 0 Å². The highest BCUT2D eigenvalue weighted by Gasteiger charge is 2.35. The lowest BCUT2D eigenvalue weighted by Gasteiger charge is -2.44. The van der Waals surface area contributed by atoms with Crippen molar-refractivity contribution in [3.05, 3.63) is 29.8 Å². The summed E-state index contributed by atoms with van der Waals surface area (Å²) in [5.41, 5.74) is 0.871. The minimum Gasteiger partial charge on any atom is -0.451 e. The molecule has 28 heavy (non-hydrogen) atoms. The molecule has 1 unspecified atom stereocenters. The first kappa shape index (κ1) is 18.0. The van der Waals surface area contributed by atoms with Gasteiger partial charge < -0.3 is 19.5 Å². The van der Waals surface area contributed by atoms with E-state index >= 15 is 0 Å². The second-order valence-corrected chi connectivity index (χ2v) is 9.07. The first-order chi connectivity index (χ1) is 13.7. The van der Waals surface area contributed by atoms with Crippen LogP contribution in [0.3, 0.4) is 0 Å². The molecule has 2 amide bonds. The maximum atomic E-state index is 12.7. The monoisotopic (exact) mass is 400 g/mol. The van der Waals surface area contributed by atoms with E-state index in [1.54, 1.807) is 18.3 Å². The summed E-state index contributed by atoms with van der Waals surface area (Å²) in [6, 6.07) is 3.56. The molecule has 0 saturated carbocycles. The number of rotatable bonds is 3. The van der Waals surface area contributed by atoms with Crippen LogP contribution < -0.4 is 5.32 Å². The van der Waals surface area contributed by atoms with Crippen LogP contribution in [0.2, 0.25) is 0 Å². The summed E-state index contributed by atoms with van der Waals surface area (Å²) in [5, 5.41) is 3.89. The lowest BCUT2D eigenvalue weighted by Crippen LogP contribution is -2.57. The molecule has 8 heteroatoms. The molecule has 0 spiro atoms. The smallest absolute Gasteiger partial charge is 0.289 e. The van der Waals surface area contributed by atoms with E-state index in [4.69, 9.17) is 4.42 Å². The third-order valence-electron chi connectivity index (χ3n) is 6.12. The van der Waals surface area contributed by atoms with Crippen LogP contribution in [0.4, 0.5) is 0 Å². The average molecular weight is 401 g/mol. The molecule has 148 valence electrons. The van der Waals surface area contributed by atoms with Crippen LogP contribution in [0, 0.1) is 5.92 Å². The van der Waals surface area contributed by atoms with Gasteiger partial charge in [-0.15, -0.1) is 0 Å². The van der Waals surface area contributed by atoms with E-state index in [1.165, 1.54) is 0 Å².